The number of aliphatic hydroxyl groups excluding tert-OH is 4. The molecule has 0 aromatic heterocycles. The van der Waals surface area contributed by atoms with Crippen LogP contribution in [0.5, 0.6) is 0 Å². The van der Waals surface area contributed by atoms with Gasteiger partial charge in [-0.3, -0.25) is 4.90 Å². The van der Waals surface area contributed by atoms with Crippen LogP contribution in [0.4, 0.5) is 0 Å². The molecule has 0 spiro atoms. The van der Waals surface area contributed by atoms with Gasteiger partial charge in [0.25, 0.3) is 0 Å². The minimum absolute atomic E-state index is 0.112. The van der Waals surface area contributed by atoms with E-state index in [4.69, 9.17) is 5.11 Å². The van der Waals surface area contributed by atoms with Crippen molar-refractivity contribution in [2.45, 2.75) is 37.3 Å². The van der Waals surface area contributed by atoms with Crippen LogP contribution in [0.1, 0.15) is 6.92 Å². The van der Waals surface area contributed by atoms with Gasteiger partial charge in [0.2, 0.25) is 0 Å². The summed E-state index contributed by atoms with van der Waals surface area (Å²) < 4.78 is 0. The average Bonchev–Trinajstić information content (AvgIpc) is 2.54. The predicted octanol–water partition coefficient (Wildman–Crippen LogP) is -2.24. The number of fused-ring (bicyclic) bond motifs is 1. The van der Waals surface area contributed by atoms with Crippen molar-refractivity contribution in [2.75, 3.05) is 13.2 Å². The summed E-state index contributed by atoms with van der Waals surface area (Å²) in [6.07, 6.45) is -2.19. The zero-order valence-corrected chi connectivity index (χ0v) is 8.11. The normalized spacial score (nSPS) is 53.8. The Labute approximate surface area is 82.6 Å². The van der Waals surface area contributed by atoms with E-state index >= 15 is 0 Å². The Morgan fingerprint density at radius 2 is 1.86 bits per heavy atom. The van der Waals surface area contributed by atoms with Gasteiger partial charge in [0.05, 0.1) is 31.0 Å². The van der Waals surface area contributed by atoms with Crippen LogP contribution in [0, 0.1) is 5.92 Å². The first-order valence-corrected chi connectivity index (χ1v) is 4.98. The molecule has 0 unspecified atom stereocenters. The van der Waals surface area contributed by atoms with Gasteiger partial charge < -0.3 is 20.4 Å². The second-order valence-corrected chi connectivity index (χ2v) is 4.34. The Bertz CT molecular complexity index is 225. The number of nitrogens with zero attached hydrogens (tertiary/aromatic N) is 1. The third kappa shape index (κ3) is 1.20. The predicted molar refractivity (Wildman–Crippen MR) is 48.6 cm³/mol. The van der Waals surface area contributed by atoms with E-state index in [0.717, 1.165) is 0 Å². The third-order valence-corrected chi connectivity index (χ3v) is 3.61. The Balaban J connectivity index is 2.21. The van der Waals surface area contributed by atoms with Gasteiger partial charge in [-0.05, 0) is 0 Å². The smallest absolute Gasteiger partial charge is 0.0970 e. The molecule has 14 heavy (non-hydrogen) atoms. The van der Waals surface area contributed by atoms with E-state index in [1.807, 2.05) is 11.8 Å². The molecule has 0 radical (unpaired) electrons. The SMILES string of the molecule is C[C@H]1[C@H](O)[C@H](CO)N2C[C@H](O)[C@@H](O)[C@H]12. The van der Waals surface area contributed by atoms with Crippen LogP contribution in [-0.4, -0.2) is 68.9 Å². The van der Waals surface area contributed by atoms with Crippen molar-refractivity contribution in [1.82, 2.24) is 4.90 Å². The maximum absolute atomic E-state index is 9.77. The second-order valence-electron chi connectivity index (χ2n) is 4.34. The second kappa shape index (κ2) is 3.43. The number of hydrogen-bond acceptors (Lipinski definition) is 5. The van der Waals surface area contributed by atoms with Gasteiger partial charge in [-0.1, -0.05) is 6.92 Å². The van der Waals surface area contributed by atoms with Gasteiger partial charge in [0.1, 0.15) is 0 Å². The molecular formula is C9H17NO4. The molecule has 2 aliphatic rings. The molecule has 2 fully saturated rings. The van der Waals surface area contributed by atoms with E-state index in [9.17, 15) is 15.3 Å². The van der Waals surface area contributed by atoms with Crippen molar-refractivity contribution in [3.63, 3.8) is 0 Å². The van der Waals surface area contributed by atoms with Gasteiger partial charge in [-0.25, -0.2) is 0 Å². The lowest BCUT2D eigenvalue weighted by Gasteiger charge is -2.22. The van der Waals surface area contributed by atoms with Crippen molar-refractivity contribution in [2.24, 2.45) is 5.92 Å². The molecule has 0 aliphatic carbocycles. The van der Waals surface area contributed by atoms with Crippen LogP contribution in [0.25, 0.3) is 0 Å². The summed E-state index contributed by atoms with van der Waals surface area (Å²) in [5, 5.41) is 38.0. The summed E-state index contributed by atoms with van der Waals surface area (Å²) in [5.41, 5.74) is 0. The molecule has 0 amide bonds. The van der Waals surface area contributed by atoms with Crippen LogP contribution < -0.4 is 0 Å². The lowest BCUT2D eigenvalue weighted by Crippen LogP contribution is -2.39. The standard InChI is InChI=1S/C9H17NO4/c1-4-7-9(14)6(12)2-10(7)5(3-11)8(4)13/h4-9,11-14H,2-3H2,1H3/t4-,5+,6+,7+,8+,9-/m1/s1. The van der Waals surface area contributed by atoms with Gasteiger partial charge in [0, 0.05) is 18.5 Å². The quantitative estimate of drug-likeness (QED) is 0.387. The minimum atomic E-state index is -0.809. The van der Waals surface area contributed by atoms with Crippen molar-refractivity contribution < 1.29 is 20.4 Å². The molecule has 82 valence electrons. The summed E-state index contributed by atoms with van der Waals surface area (Å²) in [5.74, 6) is -0.112. The maximum atomic E-state index is 9.77. The molecule has 2 rings (SSSR count). The molecule has 4 N–H and O–H groups in total. The fourth-order valence-electron chi connectivity index (χ4n) is 2.80. The van der Waals surface area contributed by atoms with Gasteiger partial charge >= 0.3 is 0 Å². The van der Waals surface area contributed by atoms with E-state index in [1.165, 1.54) is 0 Å². The Morgan fingerprint density at radius 1 is 1.21 bits per heavy atom. The summed E-state index contributed by atoms with van der Waals surface area (Å²) in [7, 11) is 0. The summed E-state index contributed by atoms with van der Waals surface area (Å²) >= 11 is 0. The highest BCUT2D eigenvalue weighted by Gasteiger charge is 2.54. The third-order valence-electron chi connectivity index (χ3n) is 3.61. The molecule has 5 heteroatoms. The first-order chi connectivity index (χ1) is 6.57. The van der Waals surface area contributed by atoms with Crippen LogP contribution >= 0.6 is 0 Å². The van der Waals surface area contributed by atoms with E-state index < -0.39 is 18.3 Å². The Hall–Kier alpha value is -0.200. The monoisotopic (exact) mass is 203 g/mol. The summed E-state index contributed by atoms with van der Waals surface area (Å²) in [6.45, 7) is 2.03. The van der Waals surface area contributed by atoms with E-state index in [1.54, 1.807) is 0 Å². The van der Waals surface area contributed by atoms with Crippen molar-refractivity contribution in [3.8, 4) is 0 Å². The van der Waals surface area contributed by atoms with E-state index in [2.05, 4.69) is 0 Å². The van der Waals surface area contributed by atoms with Gasteiger partial charge in [0.15, 0.2) is 0 Å². The van der Waals surface area contributed by atoms with Crippen molar-refractivity contribution >= 4 is 0 Å². The van der Waals surface area contributed by atoms with Crippen molar-refractivity contribution in [1.29, 1.82) is 0 Å². The molecule has 0 saturated carbocycles. The highest BCUT2D eigenvalue weighted by molar-refractivity contribution is 5.07. The van der Waals surface area contributed by atoms with Crippen LogP contribution in [0.15, 0.2) is 0 Å². The van der Waals surface area contributed by atoms with Gasteiger partial charge in [-0.2, -0.15) is 0 Å². The largest absolute Gasteiger partial charge is 0.395 e. The first-order valence-electron chi connectivity index (χ1n) is 4.98. The average molecular weight is 203 g/mol. The molecule has 0 bridgehead atoms. The molecule has 2 aliphatic heterocycles. The van der Waals surface area contributed by atoms with Crippen LogP contribution in [-0.2, 0) is 0 Å². The molecule has 0 aromatic rings. The highest BCUT2D eigenvalue weighted by Crippen LogP contribution is 2.37. The van der Waals surface area contributed by atoms with E-state index in [0.29, 0.717) is 6.54 Å². The van der Waals surface area contributed by atoms with Crippen molar-refractivity contribution in [3.05, 3.63) is 0 Å². The molecule has 2 saturated heterocycles. The molecule has 5 nitrogen and oxygen atoms in total. The number of rotatable bonds is 1. The molecule has 0 aromatic carbocycles. The zero-order valence-electron chi connectivity index (χ0n) is 8.11. The highest BCUT2D eigenvalue weighted by atomic mass is 16.3. The molecular weight excluding hydrogens is 186 g/mol. The van der Waals surface area contributed by atoms with E-state index in [-0.39, 0.29) is 24.6 Å². The van der Waals surface area contributed by atoms with Crippen LogP contribution in [0.2, 0.25) is 0 Å². The van der Waals surface area contributed by atoms with Gasteiger partial charge in [-0.15, -0.1) is 0 Å². The maximum Gasteiger partial charge on any atom is 0.0970 e. The zero-order chi connectivity index (χ0) is 10.5. The molecule has 6 atom stereocenters. The number of aliphatic hydroxyl groups is 4. The Kier molecular flexibility index (Phi) is 2.53. The lowest BCUT2D eigenvalue weighted by atomic mass is 9.94. The first kappa shape index (κ1) is 10.3. The fourth-order valence-corrected chi connectivity index (χ4v) is 2.80. The van der Waals surface area contributed by atoms with Crippen LogP contribution in [0.3, 0.4) is 0 Å². The molecule has 2 heterocycles. The lowest BCUT2D eigenvalue weighted by molar-refractivity contribution is 0.0155. The number of hydrogen-bond donors (Lipinski definition) is 4. The Morgan fingerprint density at radius 3 is 2.43 bits per heavy atom. The topological polar surface area (TPSA) is 84.2 Å². The minimum Gasteiger partial charge on any atom is -0.395 e. The summed E-state index contributed by atoms with van der Waals surface area (Å²) in [6, 6.07) is -0.570. The summed E-state index contributed by atoms with van der Waals surface area (Å²) in [4.78, 5) is 1.81. The fraction of sp³-hybridized carbons (Fsp3) is 1.00.